The molecule has 1 fully saturated rings. The van der Waals surface area contributed by atoms with Crippen LogP contribution in [-0.4, -0.2) is 19.3 Å². The summed E-state index contributed by atoms with van der Waals surface area (Å²) in [5.74, 6) is 6.95. The van der Waals surface area contributed by atoms with Crippen LogP contribution in [-0.2, 0) is 4.74 Å². The van der Waals surface area contributed by atoms with Gasteiger partial charge in [0.25, 0.3) is 0 Å². The maximum atomic E-state index is 5.65. The van der Waals surface area contributed by atoms with Gasteiger partial charge in [-0.05, 0) is 24.7 Å². The normalized spacial score (nSPS) is 25.3. The largest absolute Gasteiger partial charge is 0.381 e. The van der Waals surface area contributed by atoms with E-state index in [4.69, 9.17) is 10.6 Å². The van der Waals surface area contributed by atoms with Crippen LogP contribution in [0.15, 0.2) is 0 Å². The van der Waals surface area contributed by atoms with Crippen LogP contribution in [0.1, 0.15) is 39.5 Å². The van der Waals surface area contributed by atoms with Gasteiger partial charge in [0, 0.05) is 12.6 Å². The molecule has 2 atom stereocenters. The molecule has 84 valence electrons. The van der Waals surface area contributed by atoms with Gasteiger partial charge in [-0.3, -0.25) is 11.3 Å². The van der Waals surface area contributed by atoms with Gasteiger partial charge in [-0.2, -0.15) is 0 Å². The third-order valence-electron chi connectivity index (χ3n) is 3.45. The second kappa shape index (κ2) is 6.38. The van der Waals surface area contributed by atoms with Gasteiger partial charge in [-0.25, -0.2) is 0 Å². The Morgan fingerprint density at radius 2 is 2.14 bits per heavy atom. The standard InChI is InChI=1S/C11H24N2O/c1-3-9(4-2)11(13-12)10-6-5-7-14-8-10/h9-11,13H,3-8,12H2,1-2H3. The van der Waals surface area contributed by atoms with Crippen LogP contribution in [0.2, 0.25) is 0 Å². The van der Waals surface area contributed by atoms with E-state index in [0.717, 1.165) is 13.2 Å². The van der Waals surface area contributed by atoms with Gasteiger partial charge in [-0.15, -0.1) is 0 Å². The molecule has 1 aliphatic rings. The molecule has 0 amide bonds. The fourth-order valence-corrected chi connectivity index (χ4v) is 2.50. The molecule has 0 radical (unpaired) electrons. The fourth-order valence-electron chi connectivity index (χ4n) is 2.50. The molecule has 0 bridgehead atoms. The van der Waals surface area contributed by atoms with Crippen molar-refractivity contribution in [3.05, 3.63) is 0 Å². The number of hydrogen-bond donors (Lipinski definition) is 2. The lowest BCUT2D eigenvalue weighted by Gasteiger charge is -2.34. The first-order valence-corrected chi connectivity index (χ1v) is 5.87. The summed E-state index contributed by atoms with van der Waals surface area (Å²) in [6.07, 6.45) is 4.83. The molecular formula is C11H24N2O. The van der Waals surface area contributed by atoms with E-state index >= 15 is 0 Å². The highest BCUT2D eigenvalue weighted by Gasteiger charge is 2.28. The molecule has 14 heavy (non-hydrogen) atoms. The molecule has 3 nitrogen and oxygen atoms in total. The van der Waals surface area contributed by atoms with Crippen LogP contribution in [0.3, 0.4) is 0 Å². The smallest absolute Gasteiger partial charge is 0.0509 e. The average Bonchev–Trinajstić information content (AvgIpc) is 2.27. The molecule has 3 N–H and O–H groups in total. The van der Waals surface area contributed by atoms with Crippen molar-refractivity contribution >= 4 is 0 Å². The third kappa shape index (κ3) is 2.94. The first kappa shape index (κ1) is 12.0. The monoisotopic (exact) mass is 200 g/mol. The van der Waals surface area contributed by atoms with E-state index < -0.39 is 0 Å². The van der Waals surface area contributed by atoms with E-state index in [1.807, 2.05) is 0 Å². The van der Waals surface area contributed by atoms with E-state index in [1.165, 1.54) is 25.7 Å². The lowest BCUT2D eigenvalue weighted by molar-refractivity contribution is 0.0276. The van der Waals surface area contributed by atoms with Crippen LogP contribution in [0.25, 0.3) is 0 Å². The summed E-state index contributed by atoms with van der Waals surface area (Å²) >= 11 is 0. The lowest BCUT2D eigenvalue weighted by Crippen LogP contribution is -2.48. The molecule has 0 spiro atoms. The number of nitrogens with one attached hydrogen (secondary N) is 1. The Hall–Kier alpha value is -0.120. The predicted octanol–water partition coefficient (Wildman–Crippen LogP) is 1.68. The van der Waals surface area contributed by atoms with Gasteiger partial charge in [0.1, 0.15) is 0 Å². The van der Waals surface area contributed by atoms with E-state index in [0.29, 0.717) is 17.9 Å². The zero-order chi connectivity index (χ0) is 10.4. The maximum absolute atomic E-state index is 5.65. The summed E-state index contributed by atoms with van der Waals surface area (Å²) in [6, 6.07) is 0.435. The van der Waals surface area contributed by atoms with E-state index in [1.54, 1.807) is 0 Å². The number of hydrazine groups is 1. The van der Waals surface area contributed by atoms with Crippen LogP contribution < -0.4 is 11.3 Å². The van der Waals surface area contributed by atoms with Crippen molar-refractivity contribution in [2.75, 3.05) is 13.2 Å². The molecule has 1 saturated heterocycles. The maximum Gasteiger partial charge on any atom is 0.0509 e. The highest BCUT2D eigenvalue weighted by molar-refractivity contribution is 4.81. The molecule has 0 aromatic rings. The van der Waals surface area contributed by atoms with E-state index in [-0.39, 0.29) is 0 Å². The lowest BCUT2D eigenvalue weighted by atomic mass is 9.82. The van der Waals surface area contributed by atoms with Gasteiger partial charge < -0.3 is 4.74 Å². The van der Waals surface area contributed by atoms with E-state index in [9.17, 15) is 0 Å². The molecule has 0 aromatic carbocycles. The van der Waals surface area contributed by atoms with Gasteiger partial charge in [0.15, 0.2) is 0 Å². The van der Waals surface area contributed by atoms with Crippen molar-refractivity contribution in [2.45, 2.75) is 45.6 Å². The number of rotatable bonds is 5. The SMILES string of the molecule is CCC(CC)C(NN)C1CCCOC1. The minimum Gasteiger partial charge on any atom is -0.381 e. The topological polar surface area (TPSA) is 47.3 Å². The van der Waals surface area contributed by atoms with Crippen LogP contribution in [0, 0.1) is 11.8 Å². The molecule has 3 heteroatoms. The zero-order valence-electron chi connectivity index (χ0n) is 9.46. The molecule has 0 saturated carbocycles. The van der Waals surface area contributed by atoms with Crippen molar-refractivity contribution < 1.29 is 4.74 Å². The van der Waals surface area contributed by atoms with Gasteiger partial charge >= 0.3 is 0 Å². The Morgan fingerprint density at radius 1 is 1.43 bits per heavy atom. The van der Waals surface area contributed by atoms with Gasteiger partial charge in [0.05, 0.1) is 6.61 Å². The van der Waals surface area contributed by atoms with Crippen molar-refractivity contribution in [2.24, 2.45) is 17.7 Å². The van der Waals surface area contributed by atoms with E-state index in [2.05, 4.69) is 19.3 Å². The van der Waals surface area contributed by atoms with Crippen LogP contribution in [0.4, 0.5) is 0 Å². The van der Waals surface area contributed by atoms with Crippen molar-refractivity contribution in [3.63, 3.8) is 0 Å². The van der Waals surface area contributed by atoms with Gasteiger partial charge in [0.2, 0.25) is 0 Å². The van der Waals surface area contributed by atoms with Crippen molar-refractivity contribution in [1.29, 1.82) is 0 Å². The summed E-state index contributed by atoms with van der Waals surface area (Å²) < 4.78 is 5.51. The van der Waals surface area contributed by atoms with Crippen LogP contribution in [0.5, 0.6) is 0 Å². The third-order valence-corrected chi connectivity index (χ3v) is 3.45. The predicted molar refractivity (Wildman–Crippen MR) is 58.7 cm³/mol. The summed E-state index contributed by atoms with van der Waals surface area (Å²) in [4.78, 5) is 0. The number of nitrogens with two attached hydrogens (primary N) is 1. The number of ether oxygens (including phenoxy) is 1. The first-order valence-electron chi connectivity index (χ1n) is 5.87. The van der Waals surface area contributed by atoms with Crippen LogP contribution >= 0.6 is 0 Å². The zero-order valence-corrected chi connectivity index (χ0v) is 9.46. The summed E-state index contributed by atoms with van der Waals surface area (Å²) in [7, 11) is 0. The Labute approximate surface area is 87.4 Å². The second-order valence-electron chi connectivity index (χ2n) is 4.25. The highest BCUT2D eigenvalue weighted by Crippen LogP contribution is 2.25. The Bertz CT molecular complexity index is 142. The minimum absolute atomic E-state index is 0.435. The average molecular weight is 200 g/mol. The molecule has 1 heterocycles. The van der Waals surface area contributed by atoms with Crippen molar-refractivity contribution in [1.82, 2.24) is 5.43 Å². The molecule has 1 rings (SSSR count). The molecule has 0 aliphatic carbocycles. The summed E-state index contributed by atoms with van der Waals surface area (Å²) in [5, 5.41) is 0. The first-order chi connectivity index (χ1) is 6.83. The van der Waals surface area contributed by atoms with Crippen molar-refractivity contribution in [3.8, 4) is 0 Å². The van der Waals surface area contributed by atoms with Gasteiger partial charge in [-0.1, -0.05) is 26.7 Å². The highest BCUT2D eigenvalue weighted by atomic mass is 16.5. The Kier molecular flexibility index (Phi) is 5.45. The minimum atomic E-state index is 0.435. The molecular weight excluding hydrogens is 176 g/mol. The number of hydrogen-bond acceptors (Lipinski definition) is 3. The fraction of sp³-hybridized carbons (Fsp3) is 1.00. The second-order valence-corrected chi connectivity index (χ2v) is 4.25. The molecule has 1 aliphatic heterocycles. The summed E-state index contributed by atoms with van der Waals surface area (Å²) in [5.41, 5.74) is 2.99. The quantitative estimate of drug-likeness (QED) is 0.524. The molecule has 2 unspecified atom stereocenters. The molecule has 0 aromatic heterocycles. The summed E-state index contributed by atoms with van der Waals surface area (Å²) in [6.45, 7) is 6.28. The Balaban J connectivity index is 2.49. The Morgan fingerprint density at radius 3 is 2.57 bits per heavy atom.